The van der Waals surface area contributed by atoms with E-state index in [9.17, 15) is 4.79 Å². The lowest BCUT2D eigenvalue weighted by molar-refractivity contribution is 0.0632. The van der Waals surface area contributed by atoms with Gasteiger partial charge in [-0.3, -0.25) is 9.69 Å². The van der Waals surface area contributed by atoms with E-state index < -0.39 is 0 Å². The van der Waals surface area contributed by atoms with Gasteiger partial charge in [-0.1, -0.05) is 30.3 Å². The number of rotatable bonds is 4. The molecule has 1 atom stereocenters. The normalized spacial score (nSPS) is 20.1. The Labute approximate surface area is 193 Å². The highest BCUT2D eigenvalue weighted by Gasteiger charge is 2.29. The molecule has 1 amide bonds. The molecule has 7 heteroatoms. The van der Waals surface area contributed by atoms with Crippen LogP contribution in [0, 0.1) is 6.92 Å². The largest absolute Gasteiger partial charge is 0.353 e. The molecule has 0 unspecified atom stereocenters. The summed E-state index contributed by atoms with van der Waals surface area (Å²) in [5.41, 5.74) is 2.36. The van der Waals surface area contributed by atoms with Gasteiger partial charge in [-0.15, -0.1) is 11.3 Å². The van der Waals surface area contributed by atoms with Crippen LogP contribution in [0.2, 0.25) is 0 Å². The SMILES string of the molecule is Cc1c(C(=O)N2CCN(Cc3ccccc3)CC2)sc2ncnc(N3CCCC[C@@H]3C)c12. The van der Waals surface area contributed by atoms with Crippen molar-refractivity contribution in [2.24, 2.45) is 0 Å². The van der Waals surface area contributed by atoms with Gasteiger partial charge in [0.15, 0.2) is 0 Å². The number of hydrogen-bond acceptors (Lipinski definition) is 6. The van der Waals surface area contributed by atoms with E-state index in [1.165, 1.54) is 36.2 Å². The maximum atomic E-state index is 13.5. The lowest BCUT2D eigenvalue weighted by Crippen LogP contribution is -2.48. The Morgan fingerprint density at radius 1 is 1.06 bits per heavy atom. The first-order chi connectivity index (χ1) is 15.6. The van der Waals surface area contributed by atoms with E-state index in [4.69, 9.17) is 0 Å². The average Bonchev–Trinajstić information content (AvgIpc) is 3.17. The molecule has 2 aliphatic rings. The zero-order chi connectivity index (χ0) is 22.1. The third kappa shape index (κ3) is 4.11. The van der Waals surface area contributed by atoms with Gasteiger partial charge in [0.2, 0.25) is 0 Å². The van der Waals surface area contributed by atoms with Gasteiger partial charge in [0.05, 0.1) is 10.3 Å². The van der Waals surface area contributed by atoms with Crippen LogP contribution in [0.4, 0.5) is 5.82 Å². The van der Waals surface area contributed by atoms with E-state index in [1.54, 1.807) is 6.33 Å². The van der Waals surface area contributed by atoms with E-state index >= 15 is 0 Å². The van der Waals surface area contributed by atoms with Crippen LogP contribution in [0.3, 0.4) is 0 Å². The number of benzene rings is 1. The topological polar surface area (TPSA) is 52.6 Å². The zero-order valence-electron chi connectivity index (χ0n) is 19.0. The molecule has 32 heavy (non-hydrogen) atoms. The number of aromatic nitrogens is 2. The number of carbonyl (C=O) groups is 1. The molecule has 2 aliphatic heterocycles. The van der Waals surface area contributed by atoms with E-state index in [1.807, 2.05) is 4.90 Å². The van der Waals surface area contributed by atoms with Crippen LogP contribution in [0.5, 0.6) is 0 Å². The fourth-order valence-corrected chi connectivity index (χ4v) is 6.09. The predicted molar refractivity (Wildman–Crippen MR) is 130 cm³/mol. The predicted octanol–water partition coefficient (Wildman–Crippen LogP) is 4.34. The summed E-state index contributed by atoms with van der Waals surface area (Å²) in [7, 11) is 0. The standard InChI is InChI=1S/C25H31N5OS/c1-18-8-6-7-11-30(18)23-21-19(2)22(32-24(21)27-17-26-23)25(31)29-14-12-28(13-15-29)16-20-9-4-3-5-10-20/h3-5,9-10,17-18H,6-8,11-16H2,1-2H3/t18-/m0/s1. The number of thiophene rings is 1. The van der Waals surface area contributed by atoms with Crippen molar-refractivity contribution in [3.8, 4) is 0 Å². The number of piperidine rings is 1. The highest BCUT2D eigenvalue weighted by Crippen LogP contribution is 2.37. The number of fused-ring (bicyclic) bond motifs is 1. The van der Waals surface area contributed by atoms with Gasteiger partial charge < -0.3 is 9.80 Å². The van der Waals surface area contributed by atoms with E-state index in [2.05, 4.69) is 63.9 Å². The summed E-state index contributed by atoms with van der Waals surface area (Å²) in [6, 6.07) is 11.0. The first-order valence-corrected chi connectivity index (χ1v) is 12.5. The Bertz CT molecular complexity index is 1090. The number of carbonyl (C=O) groups excluding carboxylic acids is 1. The van der Waals surface area contributed by atoms with Gasteiger partial charge in [0, 0.05) is 45.3 Å². The molecular formula is C25H31N5OS. The van der Waals surface area contributed by atoms with Crippen LogP contribution in [0.1, 0.15) is 47.0 Å². The molecule has 0 aliphatic carbocycles. The molecular weight excluding hydrogens is 418 g/mol. The van der Waals surface area contributed by atoms with E-state index in [-0.39, 0.29) is 5.91 Å². The Hall–Kier alpha value is -2.51. The van der Waals surface area contributed by atoms with Crippen molar-refractivity contribution in [1.29, 1.82) is 0 Å². The van der Waals surface area contributed by atoms with Crippen LogP contribution in [0.15, 0.2) is 36.7 Å². The van der Waals surface area contributed by atoms with Crippen LogP contribution in [0.25, 0.3) is 10.2 Å². The Kier molecular flexibility index (Phi) is 6.11. The molecule has 1 aromatic carbocycles. The zero-order valence-corrected chi connectivity index (χ0v) is 19.8. The van der Waals surface area contributed by atoms with Crippen molar-refractivity contribution in [2.45, 2.75) is 45.7 Å². The average molecular weight is 450 g/mol. The number of amides is 1. The smallest absolute Gasteiger partial charge is 0.264 e. The van der Waals surface area contributed by atoms with Gasteiger partial charge in [0.1, 0.15) is 17.0 Å². The van der Waals surface area contributed by atoms with E-state index in [0.29, 0.717) is 6.04 Å². The van der Waals surface area contributed by atoms with Gasteiger partial charge in [-0.25, -0.2) is 9.97 Å². The molecule has 0 N–H and O–H groups in total. The second kappa shape index (κ2) is 9.16. The van der Waals surface area contributed by atoms with Crippen molar-refractivity contribution in [2.75, 3.05) is 37.6 Å². The van der Waals surface area contributed by atoms with Gasteiger partial charge in [-0.05, 0) is 44.2 Å². The van der Waals surface area contributed by atoms with Crippen LogP contribution in [-0.2, 0) is 6.54 Å². The summed E-state index contributed by atoms with van der Waals surface area (Å²) in [4.78, 5) is 31.3. The summed E-state index contributed by atoms with van der Waals surface area (Å²) in [5, 5.41) is 1.07. The molecule has 2 saturated heterocycles. The highest BCUT2D eigenvalue weighted by molar-refractivity contribution is 7.20. The lowest BCUT2D eigenvalue weighted by Gasteiger charge is -2.35. The number of nitrogens with zero attached hydrogens (tertiary/aromatic N) is 5. The Morgan fingerprint density at radius 3 is 2.59 bits per heavy atom. The Morgan fingerprint density at radius 2 is 1.84 bits per heavy atom. The minimum absolute atomic E-state index is 0.141. The number of aryl methyl sites for hydroxylation is 1. The van der Waals surface area contributed by atoms with Gasteiger partial charge in [0.25, 0.3) is 5.91 Å². The van der Waals surface area contributed by atoms with Crippen molar-refractivity contribution in [3.05, 3.63) is 52.7 Å². The number of piperazine rings is 1. The minimum Gasteiger partial charge on any atom is -0.353 e. The molecule has 0 saturated carbocycles. The molecule has 4 heterocycles. The fraction of sp³-hybridized carbons (Fsp3) is 0.480. The molecule has 0 radical (unpaired) electrons. The van der Waals surface area contributed by atoms with Gasteiger partial charge >= 0.3 is 0 Å². The second-order valence-electron chi connectivity index (χ2n) is 9.03. The summed E-state index contributed by atoms with van der Waals surface area (Å²) < 4.78 is 0. The maximum absolute atomic E-state index is 13.5. The van der Waals surface area contributed by atoms with Crippen molar-refractivity contribution >= 4 is 33.3 Å². The first kappa shape index (κ1) is 21.3. The van der Waals surface area contributed by atoms with Crippen molar-refractivity contribution in [1.82, 2.24) is 19.8 Å². The number of anilines is 1. The molecule has 6 nitrogen and oxygen atoms in total. The molecule has 0 spiro atoms. The highest BCUT2D eigenvalue weighted by atomic mass is 32.1. The van der Waals surface area contributed by atoms with Crippen molar-refractivity contribution < 1.29 is 4.79 Å². The van der Waals surface area contributed by atoms with Crippen LogP contribution in [-0.4, -0.2) is 64.4 Å². The summed E-state index contributed by atoms with van der Waals surface area (Å²) in [5.74, 6) is 1.14. The van der Waals surface area contributed by atoms with E-state index in [0.717, 1.165) is 65.7 Å². The second-order valence-corrected chi connectivity index (χ2v) is 10.0. The third-order valence-corrected chi connectivity index (χ3v) is 8.07. The third-order valence-electron chi connectivity index (χ3n) is 6.88. The van der Waals surface area contributed by atoms with Gasteiger partial charge in [-0.2, -0.15) is 0 Å². The lowest BCUT2D eigenvalue weighted by atomic mass is 10.0. The van der Waals surface area contributed by atoms with Crippen LogP contribution < -0.4 is 4.90 Å². The summed E-state index contributed by atoms with van der Waals surface area (Å²) >= 11 is 1.53. The summed E-state index contributed by atoms with van der Waals surface area (Å²) in [6.45, 7) is 9.64. The quantitative estimate of drug-likeness (QED) is 0.593. The Balaban J connectivity index is 1.33. The summed E-state index contributed by atoms with van der Waals surface area (Å²) in [6.07, 6.45) is 5.31. The molecule has 2 fully saturated rings. The monoisotopic (exact) mass is 449 g/mol. The maximum Gasteiger partial charge on any atom is 0.264 e. The molecule has 2 aromatic heterocycles. The first-order valence-electron chi connectivity index (χ1n) is 11.7. The fourth-order valence-electron chi connectivity index (χ4n) is 4.98. The molecule has 3 aromatic rings. The molecule has 168 valence electrons. The molecule has 0 bridgehead atoms. The van der Waals surface area contributed by atoms with Crippen molar-refractivity contribution in [3.63, 3.8) is 0 Å². The molecule has 5 rings (SSSR count). The number of hydrogen-bond donors (Lipinski definition) is 0. The van der Waals surface area contributed by atoms with Crippen LogP contribution >= 0.6 is 11.3 Å². The minimum atomic E-state index is 0.141.